The highest BCUT2D eigenvalue weighted by molar-refractivity contribution is 5.96. The van der Waals surface area contributed by atoms with Crippen molar-refractivity contribution < 1.29 is 9.59 Å². The summed E-state index contributed by atoms with van der Waals surface area (Å²) < 4.78 is 0. The quantitative estimate of drug-likeness (QED) is 0.685. The second-order valence-corrected chi connectivity index (χ2v) is 5.08. The third kappa shape index (κ3) is 2.61. The Hall–Kier alpha value is -0.900. The molecule has 2 rings (SSSR count). The molecule has 2 unspecified atom stereocenters. The van der Waals surface area contributed by atoms with E-state index < -0.39 is 0 Å². The number of Topliss-reactive ketones (excluding diaryl/α,β-unsaturated/α-hetero) is 1. The monoisotopic (exact) mass is 224 g/mol. The Balaban J connectivity index is 1.92. The Bertz CT molecular complexity index is 269. The van der Waals surface area contributed by atoms with Gasteiger partial charge < -0.3 is 10.6 Å². The van der Waals surface area contributed by atoms with E-state index in [2.05, 4.69) is 10.6 Å². The van der Waals surface area contributed by atoms with Gasteiger partial charge in [-0.05, 0) is 44.7 Å². The Morgan fingerprint density at radius 2 is 1.88 bits per heavy atom. The Morgan fingerprint density at radius 1 is 1.25 bits per heavy atom. The number of nitrogens with one attached hydrogen (secondary N) is 2. The third-order valence-electron chi connectivity index (χ3n) is 3.72. The fourth-order valence-electron chi connectivity index (χ4n) is 3.00. The SMILES string of the molecule is CC(=O)CC(=O)NC1C2CCCC1CNC2. The van der Waals surface area contributed by atoms with Gasteiger partial charge in [0.1, 0.15) is 5.78 Å². The first-order valence-corrected chi connectivity index (χ1v) is 6.16. The number of hydrogen-bond acceptors (Lipinski definition) is 3. The van der Waals surface area contributed by atoms with Crippen molar-refractivity contribution >= 4 is 11.7 Å². The summed E-state index contributed by atoms with van der Waals surface area (Å²) >= 11 is 0. The molecule has 0 aromatic rings. The molecule has 1 saturated heterocycles. The third-order valence-corrected chi connectivity index (χ3v) is 3.72. The number of carbonyl (C=O) groups is 2. The van der Waals surface area contributed by atoms with Gasteiger partial charge in [0, 0.05) is 6.04 Å². The average molecular weight is 224 g/mol. The van der Waals surface area contributed by atoms with Crippen LogP contribution in [0.3, 0.4) is 0 Å². The van der Waals surface area contributed by atoms with E-state index in [1.165, 1.54) is 26.2 Å². The van der Waals surface area contributed by atoms with E-state index in [9.17, 15) is 9.59 Å². The lowest BCUT2D eigenvalue weighted by Gasteiger charge is -2.43. The Morgan fingerprint density at radius 3 is 2.44 bits per heavy atom. The first-order chi connectivity index (χ1) is 7.66. The zero-order valence-electron chi connectivity index (χ0n) is 9.79. The minimum absolute atomic E-state index is 0.0311. The highest BCUT2D eigenvalue weighted by Crippen LogP contribution is 2.31. The van der Waals surface area contributed by atoms with E-state index in [4.69, 9.17) is 0 Å². The predicted octanol–water partition coefficient (Wildman–Crippen LogP) is 0.470. The van der Waals surface area contributed by atoms with Gasteiger partial charge in [0.25, 0.3) is 0 Å². The van der Waals surface area contributed by atoms with Crippen LogP contribution < -0.4 is 10.6 Å². The van der Waals surface area contributed by atoms with Gasteiger partial charge in [-0.25, -0.2) is 0 Å². The van der Waals surface area contributed by atoms with Crippen molar-refractivity contribution in [3.8, 4) is 0 Å². The van der Waals surface area contributed by atoms with E-state index in [1.807, 2.05) is 0 Å². The molecule has 2 bridgehead atoms. The van der Waals surface area contributed by atoms with E-state index in [0.29, 0.717) is 17.9 Å². The standard InChI is InChI=1S/C12H20N2O2/c1-8(15)5-11(16)14-12-9-3-2-4-10(12)7-13-6-9/h9-10,12-13H,2-7H2,1H3,(H,14,16). The number of rotatable bonds is 3. The molecule has 2 aliphatic rings. The van der Waals surface area contributed by atoms with Crippen LogP contribution in [-0.4, -0.2) is 30.8 Å². The first kappa shape index (κ1) is 11.6. The number of amides is 1. The van der Waals surface area contributed by atoms with E-state index >= 15 is 0 Å². The smallest absolute Gasteiger partial charge is 0.227 e. The minimum atomic E-state index is -0.101. The fourth-order valence-corrected chi connectivity index (χ4v) is 3.00. The molecule has 1 heterocycles. The molecule has 2 N–H and O–H groups in total. The molecular formula is C12H20N2O2. The fraction of sp³-hybridized carbons (Fsp3) is 0.833. The number of hydrogen-bond donors (Lipinski definition) is 2. The van der Waals surface area contributed by atoms with Crippen LogP contribution in [0.15, 0.2) is 0 Å². The van der Waals surface area contributed by atoms with Crippen molar-refractivity contribution in [1.29, 1.82) is 0 Å². The summed E-state index contributed by atoms with van der Waals surface area (Å²) in [4.78, 5) is 22.5. The molecule has 4 heteroatoms. The first-order valence-electron chi connectivity index (χ1n) is 6.16. The highest BCUT2D eigenvalue weighted by atomic mass is 16.2. The van der Waals surface area contributed by atoms with E-state index in [-0.39, 0.29) is 18.1 Å². The maximum Gasteiger partial charge on any atom is 0.227 e. The Labute approximate surface area is 96.2 Å². The molecule has 0 aromatic carbocycles. The molecular weight excluding hydrogens is 204 g/mol. The second-order valence-electron chi connectivity index (χ2n) is 5.08. The van der Waals surface area contributed by atoms with Crippen LogP contribution in [0.25, 0.3) is 0 Å². The van der Waals surface area contributed by atoms with Crippen LogP contribution in [0.4, 0.5) is 0 Å². The van der Waals surface area contributed by atoms with Crippen LogP contribution >= 0.6 is 0 Å². The molecule has 4 nitrogen and oxygen atoms in total. The van der Waals surface area contributed by atoms with Crippen molar-refractivity contribution in [2.45, 2.75) is 38.6 Å². The van der Waals surface area contributed by atoms with Crippen LogP contribution in [-0.2, 0) is 9.59 Å². The molecule has 1 aliphatic heterocycles. The maximum atomic E-state index is 11.6. The summed E-state index contributed by atoms with van der Waals surface area (Å²) in [5, 5.41) is 6.46. The second kappa shape index (κ2) is 4.95. The van der Waals surface area contributed by atoms with E-state index in [1.54, 1.807) is 0 Å². The molecule has 2 atom stereocenters. The summed E-state index contributed by atoms with van der Waals surface area (Å²) in [6.07, 6.45) is 3.68. The molecule has 0 radical (unpaired) electrons. The van der Waals surface area contributed by atoms with Gasteiger partial charge in [0.2, 0.25) is 5.91 Å². The summed E-state index contributed by atoms with van der Waals surface area (Å²) in [6.45, 7) is 3.46. The Kier molecular flexibility index (Phi) is 3.59. The normalized spacial score (nSPS) is 33.2. The number of fused-ring (bicyclic) bond motifs is 2. The van der Waals surface area contributed by atoms with Crippen LogP contribution in [0.1, 0.15) is 32.6 Å². The summed E-state index contributed by atoms with van der Waals surface area (Å²) in [6, 6.07) is 0.293. The lowest BCUT2D eigenvalue weighted by atomic mass is 9.74. The van der Waals surface area contributed by atoms with Gasteiger partial charge >= 0.3 is 0 Å². The summed E-state index contributed by atoms with van der Waals surface area (Å²) in [5.41, 5.74) is 0. The van der Waals surface area contributed by atoms with Crippen LogP contribution in [0, 0.1) is 11.8 Å². The highest BCUT2D eigenvalue weighted by Gasteiger charge is 2.36. The van der Waals surface area contributed by atoms with Gasteiger partial charge in [-0.2, -0.15) is 0 Å². The van der Waals surface area contributed by atoms with Crippen LogP contribution in [0.5, 0.6) is 0 Å². The number of piperidine rings is 1. The van der Waals surface area contributed by atoms with Crippen molar-refractivity contribution in [3.63, 3.8) is 0 Å². The lowest BCUT2D eigenvalue weighted by Crippen LogP contribution is -2.57. The predicted molar refractivity (Wildman–Crippen MR) is 60.9 cm³/mol. The van der Waals surface area contributed by atoms with Crippen molar-refractivity contribution in [1.82, 2.24) is 10.6 Å². The van der Waals surface area contributed by atoms with Gasteiger partial charge in [-0.3, -0.25) is 9.59 Å². The van der Waals surface area contributed by atoms with Gasteiger partial charge in [0.15, 0.2) is 0 Å². The zero-order valence-corrected chi connectivity index (χ0v) is 9.79. The molecule has 1 amide bonds. The van der Waals surface area contributed by atoms with E-state index in [0.717, 1.165) is 13.1 Å². The topological polar surface area (TPSA) is 58.2 Å². The van der Waals surface area contributed by atoms with Crippen molar-refractivity contribution in [2.24, 2.45) is 11.8 Å². The molecule has 1 aliphatic carbocycles. The maximum absolute atomic E-state index is 11.6. The molecule has 16 heavy (non-hydrogen) atoms. The lowest BCUT2D eigenvalue weighted by molar-refractivity contribution is -0.128. The minimum Gasteiger partial charge on any atom is -0.352 e. The van der Waals surface area contributed by atoms with Gasteiger partial charge in [-0.1, -0.05) is 6.42 Å². The summed E-state index contributed by atoms with van der Waals surface area (Å²) in [5.74, 6) is 0.958. The van der Waals surface area contributed by atoms with Crippen molar-refractivity contribution in [2.75, 3.05) is 13.1 Å². The number of carbonyl (C=O) groups excluding carboxylic acids is 2. The van der Waals surface area contributed by atoms with Crippen LogP contribution in [0.2, 0.25) is 0 Å². The average Bonchev–Trinajstić information content (AvgIpc) is 2.15. The van der Waals surface area contributed by atoms with Gasteiger partial charge in [-0.15, -0.1) is 0 Å². The van der Waals surface area contributed by atoms with Crippen molar-refractivity contribution in [3.05, 3.63) is 0 Å². The molecule has 0 spiro atoms. The summed E-state index contributed by atoms with van der Waals surface area (Å²) in [7, 11) is 0. The molecule has 2 fully saturated rings. The zero-order chi connectivity index (χ0) is 11.5. The molecule has 0 aromatic heterocycles. The molecule has 1 saturated carbocycles. The number of ketones is 1. The largest absolute Gasteiger partial charge is 0.352 e. The van der Waals surface area contributed by atoms with Gasteiger partial charge in [0.05, 0.1) is 6.42 Å². The molecule has 90 valence electrons.